The van der Waals surface area contributed by atoms with E-state index in [4.69, 9.17) is 19.7 Å². The van der Waals surface area contributed by atoms with Gasteiger partial charge in [-0.1, -0.05) is 5.11 Å². The monoisotopic (exact) mass is 431 g/mol. The predicted octanol–water partition coefficient (Wildman–Crippen LogP) is 3.69. The van der Waals surface area contributed by atoms with Crippen molar-refractivity contribution in [3.05, 3.63) is 34.5 Å². The van der Waals surface area contributed by atoms with E-state index in [9.17, 15) is 9.18 Å². The maximum Gasteiger partial charge on any atom is 0.414 e. The van der Waals surface area contributed by atoms with Crippen molar-refractivity contribution in [2.45, 2.75) is 31.7 Å². The fourth-order valence-corrected chi connectivity index (χ4v) is 5.03. The number of ether oxygens (including phenoxy) is 3. The van der Waals surface area contributed by atoms with Crippen LogP contribution >= 0.6 is 0 Å². The molecule has 2 unspecified atom stereocenters. The van der Waals surface area contributed by atoms with Crippen molar-refractivity contribution in [2.75, 3.05) is 49.2 Å². The summed E-state index contributed by atoms with van der Waals surface area (Å²) in [5, 5.41) is 3.44. The van der Waals surface area contributed by atoms with Gasteiger partial charge in [0.15, 0.2) is 6.29 Å². The Morgan fingerprint density at radius 1 is 1.26 bits per heavy atom. The number of rotatable bonds is 7. The summed E-state index contributed by atoms with van der Waals surface area (Å²) in [5.41, 5.74) is 9.41. The Bertz CT molecular complexity index is 877. The fraction of sp³-hybridized carbons (Fsp3) is 0.667. The molecule has 4 fully saturated rings. The average molecular weight is 431 g/mol. The van der Waals surface area contributed by atoms with Gasteiger partial charge in [-0.05, 0) is 60.7 Å². The quantitative estimate of drug-likeness (QED) is 0.372. The number of azide groups is 1. The summed E-state index contributed by atoms with van der Waals surface area (Å²) >= 11 is 0. The van der Waals surface area contributed by atoms with E-state index in [-0.39, 0.29) is 25.2 Å². The molecule has 4 aliphatic rings. The topological polar surface area (TPSA) is 100 Å². The van der Waals surface area contributed by atoms with Gasteiger partial charge >= 0.3 is 6.09 Å². The highest BCUT2D eigenvalue weighted by Crippen LogP contribution is 2.53. The third kappa shape index (κ3) is 4.15. The molecule has 3 saturated heterocycles. The second-order valence-electron chi connectivity index (χ2n) is 8.69. The van der Waals surface area contributed by atoms with Crippen molar-refractivity contribution in [2.24, 2.45) is 22.9 Å². The van der Waals surface area contributed by atoms with Gasteiger partial charge in [0.1, 0.15) is 11.9 Å². The van der Waals surface area contributed by atoms with E-state index in [0.29, 0.717) is 29.1 Å². The van der Waals surface area contributed by atoms with E-state index >= 15 is 0 Å². The van der Waals surface area contributed by atoms with E-state index in [2.05, 4.69) is 14.9 Å². The zero-order valence-corrected chi connectivity index (χ0v) is 17.2. The van der Waals surface area contributed by atoms with Gasteiger partial charge in [-0.3, -0.25) is 4.90 Å². The van der Waals surface area contributed by atoms with Crippen molar-refractivity contribution >= 4 is 17.5 Å². The van der Waals surface area contributed by atoms with Crippen LogP contribution in [-0.4, -0.2) is 57.9 Å². The van der Waals surface area contributed by atoms with Gasteiger partial charge in [-0.25, -0.2) is 9.18 Å². The number of carbonyl (C=O) groups is 1. The van der Waals surface area contributed by atoms with Crippen LogP contribution in [0.1, 0.15) is 19.3 Å². The molecule has 0 bridgehead atoms. The highest BCUT2D eigenvalue weighted by atomic mass is 19.1. The number of piperidine rings is 1. The number of fused-ring (bicyclic) bond motifs is 1. The molecule has 9 nitrogen and oxygen atoms in total. The Labute approximate surface area is 179 Å². The lowest BCUT2D eigenvalue weighted by Crippen LogP contribution is -2.28. The maximum absolute atomic E-state index is 14.9. The zero-order valence-electron chi connectivity index (χ0n) is 17.2. The molecule has 0 N–H and O–H groups in total. The van der Waals surface area contributed by atoms with Gasteiger partial charge < -0.3 is 19.1 Å². The molecule has 1 saturated carbocycles. The standard InChI is InChI=1S/C21H26FN5O4/c22-18-7-13(27-9-14(8-24-25-23)31-21(27)28)4-5-19(18)26-10-15-16(11-26)17(15)12-30-20-3-1-2-6-29-20/h4-5,7,14-17,20H,1-3,6,8-12H2/t14-,15-,16+,17?,20?/m0/s1. The van der Waals surface area contributed by atoms with E-state index in [1.54, 1.807) is 12.1 Å². The summed E-state index contributed by atoms with van der Waals surface area (Å²) < 4.78 is 31.6. The van der Waals surface area contributed by atoms with Gasteiger partial charge in [0.2, 0.25) is 0 Å². The third-order valence-corrected chi connectivity index (χ3v) is 6.79. The normalized spacial score (nSPS) is 31.9. The van der Waals surface area contributed by atoms with Gasteiger partial charge in [0.25, 0.3) is 0 Å². The first-order chi connectivity index (χ1) is 15.1. The van der Waals surface area contributed by atoms with Crippen LogP contribution in [0, 0.1) is 23.6 Å². The second kappa shape index (κ2) is 8.53. The molecular weight excluding hydrogens is 405 g/mol. The lowest BCUT2D eigenvalue weighted by molar-refractivity contribution is -0.165. The highest BCUT2D eigenvalue weighted by molar-refractivity contribution is 5.90. The number of nitrogens with zero attached hydrogens (tertiary/aromatic N) is 5. The largest absolute Gasteiger partial charge is 0.444 e. The number of halogens is 1. The van der Waals surface area contributed by atoms with E-state index < -0.39 is 12.2 Å². The Hall–Kier alpha value is -2.55. The van der Waals surface area contributed by atoms with Crippen LogP contribution in [0.15, 0.2) is 23.3 Å². The Morgan fingerprint density at radius 3 is 2.81 bits per heavy atom. The number of benzene rings is 1. The van der Waals surface area contributed by atoms with E-state index in [1.807, 2.05) is 0 Å². The third-order valence-electron chi connectivity index (χ3n) is 6.79. The maximum atomic E-state index is 14.9. The summed E-state index contributed by atoms with van der Waals surface area (Å²) in [5.74, 6) is 1.26. The number of hydrogen-bond donors (Lipinski definition) is 0. The molecule has 3 aliphatic heterocycles. The SMILES string of the molecule is [N-]=[N+]=NC[C@H]1CN(c2ccc(N3C[C@@H]4C(COC5CCCCO5)[C@@H]4C3)c(F)c2)C(=O)O1. The van der Waals surface area contributed by atoms with Crippen molar-refractivity contribution in [1.29, 1.82) is 0 Å². The van der Waals surface area contributed by atoms with Gasteiger partial charge in [0, 0.05) is 24.6 Å². The summed E-state index contributed by atoms with van der Waals surface area (Å²) in [6.45, 7) is 3.45. The molecule has 31 heavy (non-hydrogen) atoms. The van der Waals surface area contributed by atoms with Gasteiger partial charge in [-0.15, -0.1) is 0 Å². The summed E-state index contributed by atoms with van der Waals surface area (Å²) in [7, 11) is 0. The highest BCUT2D eigenvalue weighted by Gasteiger charge is 2.56. The van der Waals surface area contributed by atoms with Crippen molar-refractivity contribution in [3.8, 4) is 0 Å². The number of hydrogen-bond acceptors (Lipinski definition) is 6. The number of carbonyl (C=O) groups excluding carboxylic acids is 1. The molecule has 1 amide bonds. The van der Waals surface area contributed by atoms with Crippen molar-refractivity contribution in [3.63, 3.8) is 0 Å². The predicted molar refractivity (Wildman–Crippen MR) is 110 cm³/mol. The summed E-state index contributed by atoms with van der Waals surface area (Å²) in [6, 6.07) is 4.84. The molecule has 0 spiro atoms. The average Bonchev–Trinajstić information content (AvgIpc) is 3.09. The van der Waals surface area contributed by atoms with Crippen LogP contribution < -0.4 is 9.80 Å². The molecule has 3 heterocycles. The van der Waals surface area contributed by atoms with Crippen LogP contribution in [0.4, 0.5) is 20.6 Å². The molecule has 1 aromatic rings. The molecule has 1 aliphatic carbocycles. The number of cyclic esters (lactones) is 1. The first kappa shape index (κ1) is 20.4. The molecule has 5 rings (SSSR count). The minimum absolute atomic E-state index is 0.0558. The van der Waals surface area contributed by atoms with Crippen LogP contribution in [-0.2, 0) is 14.2 Å². The Morgan fingerprint density at radius 2 is 2.10 bits per heavy atom. The van der Waals surface area contributed by atoms with Crippen LogP contribution in [0.3, 0.4) is 0 Å². The minimum atomic E-state index is -0.558. The van der Waals surface area contributed by atoms with Gasteiger partial charge in [0.05, 0.1) is 31.1 Å². The number of anilines is 2. The summed E-state index contributed by atoms with van der Waals surface area (Å²) in [6.07, 6.45) is 2.12. The first-order valence-corrected chi connectivity index (χ1v) is 10.9. The van der Waals surface area contributed by atoms with E-state index in [0.717, 1.165) is 45.6 Å². The Balaban J connectivity index is 1.15. The first-order valence-electron chi connectivity index (χ1n) is 10.9. The second-order valence-corrected chi connectivity index (χ2v) is 8.69. The minimum Gasteiger partial charge on any atom is -0.444 e. The fourth-order valence-electron chi connectivity index (χ4n) is 5.03. The molecule has 10 heteroatoms. The molecular formula is C21H26FN5O4. The van der Waals surface area contributed by atoms with Crippen LogP contribution in [0.2, 0.25) is 0 Å². The Kier molecular flexibility index (Phi) is 5.60. The lowest BCUT2D eigenvalue weighted by Gasteiger charge is -2.25. The molecule has 0 radical (unpaired) electrons. The number of amides is 1. The van der Waals surface area contributed by atoms with Crippen LogP contribution in [0.25, 0.3) is 10.4 Å². The van der Waals surface area contributed by atoms with E-state index in [1.165, 1.54) is 11.0 Å². The van der Waals surface area contributed by atoms with Gasteiger partial charge in [-0.2, -0.15) is 0 Å². The smallest absolute Gasteiger partial charge is 0.414 e. The molecule has 1 aromatic carbocycles. The van der Waals surface area contributed by atoms with Crippen LogP contribution in [0.5, 0.6) is 0 Å². The van der Waals surface area contributed by atoms with Crippen molar-refractivity contribution in [1.82, 2.24) is 0 Å². The molecule has 0 aromatic heterocycles. The lowest BCUT2D eigenvalue weighted by atomic mass is 10.2. The van der Waals surface area contributed by atoms with Crippen molar-refractivity contribution < 1.29 is 23.4 Å². The zero-order chi connectivity index (χ0) is 21.4. The summed E-state index contributed by atoms with van der Waals surface area (Å²) in [4.78, 5) is 18.2. The molecule has 5 atom stereocenters. The molecule has 166 valence electrons.